The van der Waals surface area contributed by atoms with Gasteiger partial charge in [0.05, 0.1) is 13.2 Å². The molecular formula is C18H24N4O. The number of fused-ring (bicyclic) bond motifs is 1. The van der Waals surface area contributed by atoms with E-state index in [1.54, 1.807) is 7.11 Å². The molecule has 1 aromatic heterocycles. The van der Waals surface area contributed by atoms with Gasteiger partial charge in [0.15, 0.2) is 5.82 Å². The third-order valence-electron chi connectivity index (χ3n) is 5.14. The zero-order chi connectivity index (χ0) is 15.8. The lowest BCUT2D eigenvalue weighted by Crippen LogP contribution is -2.24. The van der Waals surface area contributed by atoms with E-state index >= 15 is 0 Å². The van der Waals surface area contributed by atoms with E-state index in [2.05, 4.69) is 32.2 Å². The highest BCUT2D eigenvalue weighted by molar-refractivity contribution is 5.44. The average molecular weight is 312 g/mol. The number of benzene rings is 1. The number of rotatable bonds is 4. The highest BCUT2D eigenvalue weighted by atomic mass is 16.5. The van der Waals surface area contributed by atoms with Crippen molar-refractivity contribution in [1.29, 1.82) is 0 Å². The average Bonchev–Trinajstić information content (AvgIpc) is 3.26. The van der Waals surface area contributed by atoms with Crippen LogP contribution in [0.1, 0.15) is 53.6 Å². The standard InChI is InChI=1S/C18H24N4O/c1-12-19-18(21-20-12)16-7-4-8-22(16)11-15-9-13-5-3-6-14(13)10-17(15)23-2/h9-10,16H,3-8,11H2,1-2H3,(H,19,20,21)/t16-/m0/s1. The first kappa shape index (κ1) is 14.7. The van der Waals surface area contributed by atoms with Gasteiger partial charge >= 0.3 is 0 Å². The summed E-state index contributed by atoms with van der Waals surface area (Å²) >= 11 is 0. The van der Waals surface area contributed by atoms with E-state index in [-0.39, 0.29) is 0 Å². The molecule has 2 aliphatic rings. The van der Waals surface area contributed by atoms with Crippen LogP contribution < -0.4 is 4.74 Å². The molecule has 2 aromatic rings. The molecule has 4 rings (SSSR count). The monoisotopic (exact) mass is 312 g/mol. The zero-order valence-corrected chi connectivity index (χ0v) is 13.9. The van der Waals surface area contributed by atoms with Crippen LogP contribution in [-0.4, -0.2) is 33.7 Å². The fourth-order valence-corrected chi connectivity index (χ4v) is 4.00. The molecule has 0 bridgehead atoms. The molecule has 0 amide bonds. The second-order valence-corrected chi connectivity index (χ2v) is 6.69. The van der Waals surface area contributed by atoms with Gasteiger partial charge in [-0.15, -0.1) is 0 Å². The number of nitrogens with one attached hydrogen (secondary N) is 1. The number of aromatic amines is 1. The van der Waals surface area contributed by atoms with E-state index in [4.69, 9.17) is 4.74 Å². The molecule has 1 N–H and O–H groups in total. The van der Waals surface area contributed by atoms with Crippen molar-refractivity contribution >= 4 is 0 Å². The quantitative estimate of drug-likeness (QED) is 0.943. The van der Waals surface area contributed by atoms with Gasteiger partial charge < -0.3 is 4.74 Å². The lowest BCUT2D eigenvalue weighted by molar-refractivity contribution is 0.236. The molecule has 0 saturated carbocycles. The van der Waals surface area contributed by atoms with Gasteiger partial charge in [-0.25, -0.2) is 4.98 Å². The van der Waals surface area contributed by atoms with Gasteiger partial charge in [0.1, 0.15) is 11.6 Å². The largest absolute Gasteiger partial charge is 0.496 e. The smallest absolute Gasteiger partial charge is 0.167 e. The number of methoxy groups -OCH3 is 1. The van der Waals surface area contributed by atoms with Gasteiger partial charge in [-0.2, -0.15) is 5.10 Å². The molecule has 23 heavy (non-hydrogen) atoms. The maximum absolute atomic E-state index is 5.66. The van der Waals surface area contributed by atoms with Crippen molar-refractivity contribution in [2.45, 2.75) is 51.6 Å². The minimum Gasteiger partial charge on any atom is -0.496 e. The van der Waals surface area contributed by atoms with E-state index < -0.39 is 0 Å². The fourth-order valence-electron chi connectivity index (χ4n) is 4.00. The van der Waals surface area contributed by atoms with Crippen molar-refractivity contribution in [2.24, 2.45) is 0 Å². The Balaban J connectivity index is 1.59. The Morgan fingerprint density at radius 2 is 2.09 bits per heavy atom. The van der Waals surface area contributed by atoms with Crippen LogP contribution in [0.5, 0.6) is 5.75 Å². The first-order valence-electron chi connectivity index (χ1n) is 8.56. The Labute approximate surface area is 137 Å². The maximum atomic E-state index is 5.66. The van der Waals surface area contributed by atoms with Gasteiger partial charge in [0.2, 0.25) is 0 Å². The Morgan fingerprint density at radius 1 is 1.26 bits per heavy atom. The second kappa shape index (κ2) is 5.96. The lowest BCUT2D eigenvalue weighted by atomic mass is 10.0. The molecule has 1 aromatic carbocycles. The SMILES string of the molecule is COc1cc2c(cc1CN1CCC[C@H]1c1n[nH]c(C)n1)CCC2. The van der Waals surface area contributed by atoms with Gasteiger partial charge in [0, 0.05) is 12.1 Å². The van der Waals surface area contributed by atoms with E-state index in [1.807, 2.05) is 6.92 Å². The first-order chi connectivity index (χ1) is 11.2. The molecule has 5 heteroatoms. The molecule has 5 nitrogen and oxygen atoms in total. The number of H-pyrrole nitrogens is 1. The zero-order valence-electron chi connectivity index (χ0n) is 13.9. The minimum absolute atomic E-state index is 0.318. The third-order valence-corrected chi connectivity index (χ3v) is 5.14. The van der Waals surface area contributed by atoms with E-state index in [9.17, 15) is 0 Å². The maximum Gasteiger partial charge on any atom is 0.167 e. The van der Waals surface area contributed by atoms with Crippen LogP contribution in [0.25, 0.3) is 0 Å². The molecule has 0 radical (unpaired) electrons. The molecule has 0 unspecified atom stereocenters. The Hall–Kier alpha value is -1.88. The number of hydrogen-bond donors (Lipinski definition) is 1. The molecule has 1 atom stereocenters. The van der Waals surface area contributed by atoms with E-state index in [0.29, 0.717) is 6.04 Å². The minimum atomic E-state index is 0.318. The van der Waals surface area contributed by atoms with Crippen LogP contribution >= 0.6 is 0 Å². The first-order valence-corrected chi connectivity index (χ1v) is 8.56. The summed E-state index contributed by atoms with van der Waals surface area (Å²) in [6.45, 7) is 3.96. The Bertz CT molecular complexity index is 709. The van der Waals surface area contributed by atoms with Gasteiger partial charge in [0.25, 0.3) is 0 Å². The van der Waals surface area contributed by atoms with Crippen LogP contribution in [0.2, 0.25) is 0 Å². The van der Waals surface area contributed by atoms with Gasteiger partial charge in [-0.05, 0) is 62.8 Å². The fraction of sp³-hybridized carbons (Fsp3) is 0.556. The molecule has 1 fully saturated rings. The molecule has 1 aliphatic heterocycles. The third kappa shape index (κ3) is 2.74. The van der Waals surface area contributed by atoms with E-state index in [1.165, 1.54) is 42.4 Å². The van der Waals surface area contributed by atoms with Crippen molar-refractivity contribution in [3.8, 4) is 5.75 Å². The highest BCUT2D eigenvalue weighted by Gasteiger charge is 2.30. The van der Waals surface area contributed by atoms with Crippen LogP contribution in [0.3, 0.4) is 0 Å². The van der Waals surface area contributed by atoms with Gasteiger partial charge in [-0.3, -0.25) is 10.00 Å². The summed E-state index contributed by atoms with van der Waals surface area (Å²) in [6.07, 6.45) is 5.99. The van der Waals surface area contributed by atoms with Crippen LogP contribution in [0.15, 0.2) is 12.1 Å². The van der Waals surface area contributed by atoms with Crippen LogP contribution in [-0.2, 0) is 19.4 Å². The van der Waals surface area contributed by atoms with Crippen molar-refractivity contribution < 1.29 is 4.74 Å². The number of hydrogen-bond acceptors (Lipinski definition) is 4. The number of aromatic nitrogens is 3. The van der Waals surface area contributed by atoms with E-state index in [0.717, 1.165) is 36.9 Å². The predicted molar refractivity (Wildman–Crippen MR) is 88.5 cm³/mol. The summed E-state index contributed by atoms with van der Waals surface area (Å²) in [5, 5.41) is 7.36. The highest BCUT2D eigenvalue weighted by Crippen LogP contribution is 2.35. The summed E-state index contributed by atoms with van der Waals surface area (Å²) in [5.41, 5.74) is 4.27. The van der Waals surface area contributed by atoms with Gasteiger partial charge in [-0.1, -0.05) is 6.07 Å². The Kier molecular flexibility index (Phi) is 3.81. The number of aryl methyl sites for hydroxylation is 3. The molecule has 1 saturated heterocycles. The normalized spacial score (nSPS) is 20.9. The summed E-state index contributed by atoms with van der Waals surface area (Å²) in [6, 6.07) is 4.93. The molecule has 122 valence electrons. The molecule has 1 aliphatic carbocycles. The lowest BCUT2D eigenvalue weighted by Gasteiger charge is -2.23. The molecular weight excluding hydrogens is 288 g/mol. The van der Waals surface area contributed by atoms with Crippen molar-refractivity contribution in [1.82, 2.24) is 20.1 Å². The van der Waals surface area contributed by atoms with Crippen molar-refractivity contribution in [3.05, 3.63) is 40.5 Å². The van der Waals surface area contributed by atoms with Crippen molar-refractivity contribution in [3.63, 3.8) is 0 Å². The molecule has 2 heterocycles. The summed E-state index contributed by atoms with van der Waals surface area (Å²) < 4.78 is 5.66. The summed E-state index contributed by atoms with van der Waals surface area (Å²) in [5.74, 6) is 2.85. The molecule has 0 spiro atoms. The number of ether oxygens (including phenoxy) is 1. The Morgan fingerprint density at radius 3 is 2.83 bits per heavy atom. The van der Waals surface area contributed by atoms with Crippen LogP contribution in [0.4, 0.5) is 0 Å². The number of likely N-dealkylation sites (tertiary alicyclic amines) is 1. The van der Waals surface area contributed by atoms with Crippen LogP contribution in [0, 0.1) is 6.92 Å². The number of nitrogens with zero attached hydrogens (tertiary/aromatic N) is 3. The second-order valence-electron chi connectivity index (χ2n) is 6.69. The topological polar surface area (TPSA) is 54.0 Å². The summed E-state index contributed by atoms with van der Waals surface area (Å²) in [4.78, 5) is 7.03. The predicted octanol–water partition coefficient (Wildman–Crippen LogP) is 2.95. The van der Waals surface area contributed by atoms with Crippen molar-refractivity contribution in [2.75, 3.05) is 13.7 Å². The summed E-state index contributed by atoms with van der Waals surface area (Å²) in [7, 11) is 1.78.